The summed E-state index contributed by atoms with van der Waals surface area (Å²) < 4.78 is 6.30. The van der Waals surface area contributed by atoms with E-state index in [-0.39, 0.29) is 18.6 Å². The summed E-state index contributed by atoms with van der Waals surface area (Å²) in [4.78, 5) is 13.3. The van der Waals surface area contributed by atoms with Crippen molar-refractivity contribution in [1.82, 2.24) is 0 Å². The van der Waals surface area contributed by atoms with Crippen LogP contribution in [0.25, 0.3) is 0 Å². The number of rotatable bonds is 6. The Balaban J connectivity index is 2.59. The van der Waals surface area contributed by atoms with Crippen molar-refractivity contribution in [2.45, 2.75) is 58.0 Å². The summed E-state index contributed by atoms with van der Waals surface area (Å²) in [6, 6.07) is 11.6. The average Bonchev–Trinajstić information content (AvgIpc) is 2.54. The number of carbonyl (C=O) groups is 1. The predicted octanol–water partition coefficient (Wildman–Crippen LogP) is 4.41. The third kappa shape index (κ3) is 2.82. The highest BCUT2D eigenvalue weighted by Gasteiger charge is 2.57. The summed E-state index contributed by atoms with van der Waals surface area (Å²) in [6.07, 6.45) is 2.99. The Bertz CT molecular complexity index is 651. The molecule has 2 rings (SSSR count). The summed E-state index contributed by atoms with van der Waals surface area (Å²) in [6.45, 7) is 4.01. The zero-order valence-corrected chi connectivity index (χ0v) is 13.8. The van der Waals surface area contributed by atoms with Crippen LogP contribution in [0.1, 0.15) is 62.7 Å². The van der Waals surface area contributed by atoms with Crippen LogP contribution in [0.15, 0.2) is 24.3 Å². The van der Waals surface area contributed by atoms with Gasteiger partial charge in [-0.3, -0.25) is 4.79 Å². The fourth-order valence-electron chi connectivity index (χ4n) is 3.77. The molecule has 1 aromatic carbocycles. The molecule has 1 aliphatic rings. The lowest BCUT2D eigenvalue weighted by molar-refractivity contribution is -0.0550. The van der Waals surface area contributed by atoms with Gasteiger partial charge in [0.25, 0.3) is 0 Å². The van der Waals surface area contributed by atoms with Gasteiger partial charge in [-0.1, -0.05) is 25.5 Å². The third-order valence-electron chi connectivity index (χ3n) is 4.97. The van der Waals surface area contributed by atoms with Gasteiger partial charge in [-0.2, -0.15) is 10.5 Å². The summed E-state index contributed by atoms with van der Waals surface area (Å²) in [7, 11) is 0. The van der Waals surface area contributed by atoms with Crippen molar-refractivity contribution in [1.29, 1.82) is 10.5 Å². The third-order valence-corrected chi connectivity index (χ3v) is 4.97. The number of ketones is 1. The van der Waals surface area contributed by atoms with E-state index >= 15 is 0 Å². The molecule has 0 radical (unpaired) electrons. The van der Waals surface area contributed by atoms with Gasteiger partial charge in [0.15, 0.2) is 5.78 Å². The molecule has 1 heterocycles. The van der Waals surface area contributed by atoms with Gasteiger partial charge in [0.2, 0.25) is 0 Å². The molecule has 0 saturated heterocycles. The van der Waals surface area contributed by atoms with Crippen LogP contribution >= 0.6 is 0 Å². The first-order valence-corrected chi connectivity index (χ1v) is 8.11. The van der Waals surface area contributed by atoms with Gasteiger partial charge in [-0.05, 0) is 38.3 Å². The quantitative estimate of drug-likeness (QED) is 0.779. The molecule has 23 heavy (non-hydrogen) atoms. The minimum absolute atomic E-state index is 0.0146. The fourth-order valence-corrected chi connectivity index (χ4v) is 3.77. The number of ether oxygens (including phenoxy) is 1. The van der Waals surface area contributed by atoms with E-state index in [1.807, 2.05) is 25.1 Å². The van der Waals surface area contributed by atoms with Crippen molar-refractivity contribution in [3.05, 3.63) is 29.8 Å². The van der Waals surface area contributed by atoms with Crippen molar-refractivity contribution in [2.24, 2.45) is 5.41 Å². The Hall–Kier alpha value is -2.33. The maximum atomic E-state index is 13.3. The first kappa shape index (κ1) is 17.0. The van der Waals surface area contributed by atoms with Gasteiger partial charge in [0.1, 0.15) is 11.4 Å². The molecule has 4 nitrogen and oxygen atoms in total. The lowest BCUT2D eigenvalue weighted by Gasteiger charge is -2.50. The molecule has 0 fully saturated rings. The van der Waals surface area contributed by atoms with Gasteiger partial charge in [0, 0.05) is 12.8 Å². The zero-order chi connectivity index (χ0) is 16.9. The number of nitriles is 2. The van der Waals surface area contributed by atoms with Gasteiger partial charge >= 0.3 is 0 Å². The van der Waals surface area contributed by atoms with Gasteiger partial charge < -0.3 is 4.74 Å². The predicted molar refractivity (Wildman–Crippen MR) is 86.8 cm³/mol. The van der Waals surface area contributed by atoms with E-state index in [0.29, 0.717) is 30.6 Å². The van der Waals surface area contributed by atoms with Gasteiger partial charge in [-0.15, -0.1) is 0 Å². The minimum Gasteiger partial charge on any atom is -0.486 e. The Morgan fingerprint density at radius 1 is 1.09 bits per heavy atom. The van der Waals surface area contributed by atoms with E-state index in [1.54, 1.807) is 6.07 Å². The summed E-state index contributed by atoms with van der Waals surface area (Å²) in [5.41, 5.74) is -0.944. The largest absolute Gasteiger partial charge is 0.486 e. The first-order chi connectivity index (χ1) is 11.0. The number of hydrogen-bond acceptors (Lipinski definition) is 4. The van der Waals surface area contributed by atoms with E-state index in [4.69, 9.17) is 15.3 Å². The molecule has 1 atom stereocenters. The molecule has 0 bridgehead atoms. The molecule has 1 unspecified atom stereocenters. The van der Waals surface area contributed by atoms with Crippen molar-refractivity contribution in [2.75, 3.05) is 0 Å². The van der Waals surface area contributed by atoms with Gasteiger partial charge in [-0.25, -0.2) is 0 Å². The van der Waals surface area contributed by atoms with Crippen LogP contribution in [0.5, 0.6) is 5.75 Å². The highest BCUT2D eigenvalue weighted by Crippen LogP contribution is 2.52. The van der Waals surface area contributed by atoms with Crippen LogP contribution in [-0.2, 0) is 0 Å². The first-order valence-electron chi connectivity index (χ1n) is 8.11. The lowest BCUT2D eigenvalue weighted by atomic mass is 9.60. The molecule has 0 saturated carbocycles. The number of fused-ring (bicyclic) bond motifs is 1. The Labute approximate surface area is 137 Å². The van der Waals surface area contributed by atoms with Crippen LogP contribution < -0.4 is 4.74 Å². The van der Waals surface area contributed by atoms with E-state index in [9.17, 15) is 4.79 Å². The van der Waals surface area contributed by atoms with E-state index in [1.165, 1.54) is 0 Å². The van der Waals surface area contributed by atoms with Crippen molar-refractivity contribution in [3.63, 3.8) is 0 Å². The van der Waals surface area contributed by atoms with Crippen LogP contribution in [-0.4, -0.2) is 11.4 Å². The maximum Gasteiger partial charge on any atom is 0.176 e. The molecule has 1 aromatic rings. The van der Waals surface area contributed by atoms with Crippen LogP contribution in [0.3, 0.4) is 0 Å². The lowest BCUT2D eigenvalue weighted by Crippen LogP contribution is -2.57. The molecule has 120 valence electrons. The Morgan fingerprint density at radius 2 is 1.70 bits per heavy atom. The molecule has 1 aliphatic heterocycles. The fraction of sp³-hybridized carbons (Fsp3) is 0.526. The van der Waals surface area contributed by atoms with Gasteiger partial charge in [0.05, 0.1) is 23.1 Å². The van der Waals surface area contributed by atoms with Crippen molar-refractivity contribution in [3.8, 4) is 17.9 Å². The van der Waals surface area contributed by atoms with Crippen LogP contribution in [0.4, 0.5) is 0 Å². The molecule has 0 spiro atoms. The molecule has 0 aliphatic carbocycles. The normalized spacial score (nSPS) is 21.7. The molecule has 0 aromatic heterocycles. The zero-order valence-electron chi connectivity index (χ0n) is 13.8. The Morgan fingerprint density at radius 3 is 2.26 bits per heavy atom. The molecule has 4 heteroatoms. The average molecular weight is 310 g/mol. The second-order valence-corrected chi connectivity index (χ2v) is 6.31. The summed E-state index contributed by atoms with van der Waals surface area (Å²) in [5, 5.41) is 18.1. The maximum absolute atomic E-state index is 13.3. The number of para-hydroxylation sites is 1. The standard InChI is InChI=1S/C19H22N2O2/c1-3-10-18(2)19(11-6-13-20,12-7-14-21)17(22)15-8-4-5-9-16(15)23-18/h4-5,8-9H,3,6-7,10-12H2,1-2H3. The number of Topliss-reactive ketones (excluding diaryl/α,β-unsaturated/α-hetero) is 1. The van der Waals surface area contributed by atoms with Crippen LogP contribution in [0.2, 0.25) is 0 Å². The number of hydrogen-bond donors (Lipinski definition) is 0. The Kier molecular flexibility index (Phi) is 5.06. The van der Waals surface area contributed by atoms with Crippen molar-refractivity contribution >= 4 is 5.78 Å². The SMILES string of the molecule is CCCC1(C)Oc2ccccc2C(=O)C1(CCC#N)CCC#N. The monoisotopic (exact) mass is 310 g/mol. The number of carbonyl (C=O) groups excluding carboxylic acids is 1. The summed E-state index contributed by atoms with van der Waals surface area (Å²) >= 11 is 0. The molecular weight excluding hydrogens is 288 g/mol. The molecular formula is C19H22N2O2. The minimum atomic E-state index is -0.817. The second-order valence-electron chi connectivity index (χ2n) is 6.31. The van der Waals surface area contributed by atoms with E-state index in [2.05, 4.69) is 19.1 Å². The highest BCUT2D eigenvalue weighted by molar-refractivity contribution is 6.04. The summed E-state index contributed by atoms with van der Waals surface area (Å²) in [5.74, 6) is 0.624. The highest BCUT2D eigenvalue weighted by atomic mass is 16.5. The van der Waals surface area contributed by atoms with Crippen molar-refractivity contribution < 1.29 is 9.53 Å². The number of benzene rings is 1. The van der Waals surface area contributed by atoms with E-state index in [0.717, 1.165) is 6.42 Å². The molecule has 0 N–H and O–H groups in total. The number of nitrogens with zero attached hydrogens (tertiary/aromatic N) is 2. The van der Waals surface area contributed by atoms with E-state index < -0.39 is 11.0 Å². The second kappa shape index (κ2) is 6.84. The molecule has 0 amide bonds. The smallest absolute Gasteiger partial charge is 0.176 e. The van der Waals surface area contributed by atoms with Crippen LogP contribution in [0, 0.1) is 28.1 Å². The topological polar surface area (TPSA) is 73.9 Å².